The molecule has 6 N–H and O–H groups in total. The minimum atomic E-state index is -1.15. The van der Waals surface area contributed by atoms with Crippen molar-refractivity contribution in [2.75, 3.05) is 6.54 Å². The number of carboxylic acid groups (broad SMARTS) is 1. The van der Waals surface area contributed by atoms with Crippen LogP contribution in [0, 0.1) is 11.8 Å². The van der Waals surface area contributed by atoms with Crippen molar-refractivity contribution in [2.45, 2.75) is 52.2 Å². The number of aliphatic carboxylic acids is 1. The van der Waals surface area contributed by atoms with E-state index in [1.807, 2.05) is 6.07 Å². The van der Waals surface area contributed by atoms with E-state index in [0.717, 1.165) is 5.56 Å². The number of carbonyl (C=O) groups is 4. The highest BCUT2D eigenvalue weighted by Crippen LogP contribution is 2.07. The summed E-state index contributed by atoms with van der Waals surface area (Å²) in [5.41, 5.74) is 6.54. The standard InChI is InChI=1S/C21H32N4O5/c1-12(2)17(22)20(28)23-11-16(26)24-15(10-14-8-6-5-7-9-14)19(27)25-18(13(3)4)21(29)30/h5-9,12-13,15,17-18H,10-11,22H2,1-4H3,(H,23,28)(H,24,26)(H,25,27)(H,29,30). The Labute approximate surface area is 176 Å². The van der Waals surface area contributed by atoms with Crippen molar-refractivity contribution in [1.82, 2.24) is 16.0 Å². The van der Waals surface area contributed by atoms with Crippen molar-refractivity contribution in [3.8, 4) is 0 Å². The molecule has 1 aromatic rings. The zero-order valence-electron chi connectivity index (χ0n) is 17.8. The van der Waals surface area contributed by atoms with Gasteiger partial charge in [0.2, 0.25) is 17.7 Å². The summed E-state index contributed by atoms with van der Waals surface area (Å²) in [7, 11) is 0. The summed E-state index contributed by atoms with van der Waals surface area (Å²) in [5, 5.41) is 16.8. The molecule has 0 heterocycles. The summed E-state index contributed by atoms with van der Waals surface area (Å²) in [6, 6.07) is 6.18. The van der Waals surface area contributed by atoms with E-state index in [1.54, 1.807) is 52.0 Å². The molecule has 0 aliphatic heterocycles. The Balaban J connectivity index is 2.85. The van der Waals surface area contributed by atoms with Crippen molar-refractivity contribution >= 4 is 23.7 Å². The average Bonchev–Trinajstić information content (AvgIpc) is 2.69. The van der Waals surface area contributed by atoms with Gasteiger partial charge < -0.3 is 26.8 Å². The highest BCUT2D eigenvalue weighted by molar-refractivity contribution is 5.92. The predicted octanol–water partition coefficient (Wildman–Crippen LogP) is 0.0388. The number of hydrogen-bond acceptors (Lipinski definition) is 5. The molecular formula is C21H32N4O5. The molecule has 166 valence electrons. The predicted molar refractivity (Wildman–Crippen MR) is 112 cm³/mol. The highest BCUT2D eigenvalue weighted by Gasteiger charge is 2.29. The number of nitrogens with two attached hydrogens (primary N) is 1. The molecular weight excluding hydrogens is 388 g/mol. The lowest BCUT2D eigenvalue weighted by Gasteiger charge is -2.23. The molecule has 0 aromatic heterocycles. The number of hydrogen-bond donors (Lipinski definition) is 5. The molecule has 0 spiro atoms. The van der Waals surface area contributed by atoms with E-state index in [4.69, 9.17) is 5.73 Å². The van der Waals surface area contributed by atoms with Gasteiger partial charge in [0, 0.05) is 6.42 Å². The molecule has 9 heteroatoms. The zero-order chi connectivity index (χ0) is 22.8. The van der Waals surface area contributed by atoms with E-state index < -0.39 is 41.8 Å². The normalized spacial score (nSPS) is 14.0. The Morgan fingerprint density at radius 2 is 1.53 bits per heavy atom. The molecule has 30 heavy (non-hydrogen) atoms. The Kier molecular flexibility index (Phi) is 9.97. The van der Waals surface area contributed by atoms with Gasteiger partial charge in [-0.15, -0.1) is 0 Å². The summed E-state index contributed by atoms with van der Waals surface area (Å²) < 4.78 is 0. The van der Waals surface area contributed by atoms with Crippen LogP contribution in [0.3, 0.4) is 0 Å². The first-order valence-corrected chi connectivity index (χ1v) is 9.92. The van der Waals surface area contributed by atoms with Gasteiger partial charge in [-0.05, 0) is 17.4 Å². The van der Waals surface area contributed by atoms with Crippen LogP contribution in [0.1, 0.15) is 33.3 Å². The van der Waals surface area contributed by atoms with E-state index in [-0.39, 0.29) is 24.8 Å². The van der Waals surface area contributed by atoms with Gasteiger partial charge in [0.05, 0.1) is 12.6 Å². The summed E-state index contributed by atoms with van der Waals surface area (Å²) in [6.45, 7) is 6.59. The van der Waals surface area contributed by atoms with Crippen LogP contribution in [0.25, 0.3) is 0 Å². The topological polar surface area (TPSA) is 151 Å². The maximum atomic E-state index is 12.7. The zero-order valence-corrected chi connectivity index (χ0v) is 17.8. The molecule has 0 radical (unpaired) electrons. The first kappa shape index (κ1) is 25.1. The minimum absolute atomic E-state index is 0.0892. The molecule has 3 amide bonds. The Morgan fingerprint density at radius 3 is 2.03 bits per heavy atom. The van der Waals surface area contributed by atoms with Crippen molar-refractivity contribution in [2.24, 2.45) is 17.6 Å². The molecule has 3 atom stereocenters. The number of nitrogens with one attached hydrogen (secondary N) is 3. The van der Waals surface area contributed by atoms with Crippen LogP contribution in [0.4, 0.5) is 0 Å². The van der Waals surface area contributed by atoms with Crippen LogP contribution in [0.5, 0.6) is 0 Å². The smallest absolute Gasteiger partial charge is 0.326 e. The molecule has 0 aliphatic carbocycles. The fourth-order valence-electron chi connectivity index (χ4n) is 2.66. The first-order valence-electron chi connectivity index (χ1n) is 9.92. The van der Waals surface area contributed by atoms with Crippen molar-refractivity contribution < 1.29 is 24.3 Å². The second-order valence-electron chi connectivity index (χ2n) is 7.87. The molecule has 1 rings (SSSR count). The highest BCUT2D eigenvalue weighted by atomic mass is 16.4. The monoisotopic (exact) mass is 420 g/mol. The SMILES string of the molecule is CC(C)C(N)C(=O)NCC(=O)NC(Cc1ccccc1)C(=O)NC(C(=O)O)C(C)C. The fourth-order valence-corrected chi connectivity index (χ4v) is 2.66. The van der Waals surface area contributed by atoms with Crippen molar-refractivity contribution in [1.29, 1.82) is 0 Å². The molecule has 0 saturated carbocycles. The fraction of sp³-hybridized carbons (Fsp3) is 0.524. The maximum Gasteiger partial charge on any atom is 0.326 e. The van der Waals surface area contributed by atoms with Gasteiger partial charge in [0.1, 0.15) is 12.1 Å². The van der Waals surface area contributed by atoms with E-state index in [1.165, 1.54) is 0 Å². The van der Waals surface area contributed by atoms with Crippen LogP contribution in [0.15, 0.2) is 30.3 Å². The number of rotatable bonds is 11. The summed E-state index contributed by atoms with van der Waals surface area (Å²) >= 11 is 0. The molecule has 0 aliphatic rings. The molecule has 3 unspecified atom stereocenters. The van der Waals surface area contributed by atoms with E-state index in [2.05, 4.69) is 16.0 Å². The summed E-state index contributed by atoms with van der Waals surface area (Å²) in [6.07, 6.45) is 0.169. The van der Waals surface area contributed by atoms with Crippen LogP contribution >= 0.6 is 0 Å². The Morgan fingerprint density at radius 1 is 0.933 bits per heavy atom. The second-order valence-corrected chi connectivity index (χ2v) is 7.87. The van der Waals surface area contributed by atoms with E-state index in [9.17, 15) is 24.3 Å². The maximum absolute atomic E-state index is 12.7. The summed E-state index contributed by atoms with van der Waals surface area (Å²) in [5.74, 6) is -3.23. The lowest BCUT2D eigenvalue weighted by molar-refractivity contribution is -0.143. The van der Waals surface area contributed by atoms with Gasteiger partial charge >= 0.3 is 5.97 Å². The lowest BCUT2D eigenvalue weighted by atomic mass is 10.0. The van der Waals surface area contributed by atoms with Gasteiger partial charge in [0.25, 0.3) is 0 Å². The second kappa shape index (κ2) is 11.9. The largest absolute Gasteiger partial charge is 0.480 e. The third-order valence-electron chi connectivity index (χ3n) is 4.61. The third kappa shape index (κ3) is 8.20. The average molecular weight is 421 g/mol. The molecule has 0 saturated heterocycles. The number of carbonyl (C=O) groups excluding carboxylic acids is 3. The van der Waals surface area contributed by atoms with Gasteiger partial charge in [-0.1, -0.05) is 58.0 Å². The van der Waals surface area contributed by atoms with Gasteiger partial charge in [0.15, 0.2) is 0 Å². The minimum Gasteiger partial charge on any atom is -0.480 e. The van der Waals surface area contributed by atoms with Crippen LogP contribution in [-0.4, -0.2) is 53.5 Å². The molecule has 0 fully saturated rings. The molecule has 1 aromatic carbocycles. The quantitative estimate of drug-likeness (QED) is 0.341. The molecule has 9 nitrogen and oxygen atoms in total. The van der Waals surface area contributed by atoms with Gasteiger partial charge in [-0.2, -0.15) is 0 Å². The number of benzene rings is 1. The Bertz CT molecular complexity index is 736. The number of carboxylic acids is 1. The van der Waals surface area contributed by atoms with Crippen LogP contribution < -0.4 is 21.7 Å². The van der Waals surface area contributed by atoms with Crippen molar-refractivity contribution in [3.05, 3.63) is 35.9 Å². The lowest BCUT2D eigenvalue weighted by Crippen LogP contribution is -2.55. The van der Waals surface area contributed by atoms with Crippen molar-refractivity contribution in [3.63, 3.8) is 0 Å². The van der Waals surface area contributed by atoms with E-state index in [0.29, 0.717) is 0 Å². The van der Waals surface area contributed by atoms with Crippen LogP contribution in [-0.2, 0) is 25.6 Å². The van der Waals surface area contributed by atoms with Gasteiger partial charge in [-0.25, -0.2) is 4.79 Å². The van der Waals surface area contributed by atoms with E-state index >= 15 is 0 Å². The number of amides is 3. The Hall–Kier alpha value is -2.94. The summed E-state index contributed by atoms with van der Waals surface area (Å²) in [4.78, 5) is 48.4. The molecule has 0 bridgehead atoms. The first-order chi connectivity index (χ1) is 14.0. The third-order valence-corrected chi connectivity index (χ3v) is 4.61. The van der Waals surface area contributed by atoms with Gasteiger partial charge in [-0.3, -0.25) is 14.4 Å². The van der Waals surface area contributed by atoms with Crippen LogP contribution in [0.2, 0.25) is 0 Å².